The molecule has 0 N–H and O–H groups in total. The zero-order chi connectivity index (χ0) is 20.3. The predicted octanol–water partition coefficient (Wildman–Crippen LogP) is 5.16. The normalized spacial score (nSPS) is 15.2. The molecule has 4 aromatic rings. The van der Waals surface area contributed by atoms with Crippen molar-refractivity contribution in [3.8, 4) is 10.8 Å². The number of furan rings is 2. The van der Waals surface area contributed by atoms with E-state index in [1.54, 1.807) is 35.6 Å². The molecule has 0 saturated carbocycles. The van der Waals surface area contributed by atoms with Crippen LogP contribution in [0.5, 0.6) is 0 Å². The van der Waals surface area contributed by atoms with Gasteiger partial charge in [0, 0.05) is 24.2 Å². The Hall–Kier alpha value is -2.52. The van der Waals surface area contributed by atoms with Crippen molar-refractivity contribution in [2.75, 3.05) is 18.0 Å². The van der Waals surface area contributed by atoms with E-state index in [1.165, 1.54) is 12.8 Å². The first kappa shape index (κ1) is 19.4. The Labute approximate surface area is 183 Å². The van der Waals surface area contributed by atoms with Crippen molar-refractivity contribution in [3.63, 3.8) is 0 Å². The summed E-state index contributed by atoms with van der Waals surface area (Å²) in [5, 5.41) is 12.9. The molecule has 1 aliphatic heterocycles. The average Bonchev–Trinajstić information content (AvgIpc) is 3.55. The maximum atomic E-state index is 5.60. The van der Waals surface area contributed by atoms with Gasteiger partial charge in [0.25, 0.3) is 0 Å². The number of nitrogens with zero attached hydrogens (tertiary/aromatic N) is 5. The van der Waals surface area contributed by atoms with E-state index in [2.05, 4.69) is 32.0 Å². The summed E-state index contributed by atoms with van der Waals surface area (Å²) in [5.41, 5.74) is 1.01. The van der Waals surface area contributed by atoms with E-state index in [1.807, 2.05) is 24.3 Å². The third-order valence-corrected chi connectivity index (χ3v) is 7.20. The second-order valence-electron chi connectivity index (χ2n) is 7.53. The van der Waals surface area contributed by atoms with Crippen molar-refractivity contribution in [1.29, 1.82) is 0 Å². The van der Waals surface area contributed by atoms with Gasteiger partial charge < -0.3 is 13.7 Å². The lowest BCUT2D eigenvalue weighted by atomic mass is 10.00. The van der Waals surface area contributed by atoms with Crippen LogP contribution in [0.1, 0.15) is 31.2 Å². The van der Waals surface area contributed by atoms with Crippen LogP contribution in [0.25, 0.3) is 10.8 Å². The number of rotatable bonds is 7. The minimum absolute atomic E-state index is 0.623. The van der Waals surface area contributed by atoms with Gasteiger partial charge in [0.15, 0.2) is 15.9 Å². The first-order valence-corrected chi connectivity index (χ1v) is 11.9. The van der Waals surface area contributed by atoms with E-state index in [4.69, 9.17) is 13.8 Å². The van der Waals surface area contributed by atoms with Gasteiger partial charge in [-0.15, -0.1) is 21.5 Å². The SMILES string of the molecule is CC1CCN(c2nnc(SCc3csc(-c4ccco4)n3)n2Cc2ccco2)CC1. The highest BCUT2D eigenvalue weighted by Crippen LogP contribution is 2.30. The van der Waals surface area contributed by atoms with Crippen LogP contribution in [0.2, 0.25) is 0 Å². The lowest BCUT2D eigenvalue weighted by Crippen LogP contribution is -2.35. The van der Waals surface area contributed by atoms with Crippen LogP contribution in [-0.2, 0) is 12.3 Å². The van der Waals surface area contributed by atoms with Gasteiger partial charge in [-0.3, -0.25) is 4.57 Å². The molecule has 0 atom stereocenters. The van der Waals surface area contributed by atoms with E-state index in [-0.39, 0.29) is 0 Å². The molecule has 0 unspecified atom stereocenters. The molecule has 30 heavy (non-hydrogen) atoms. The number of thioether (sulfide) groups is 1. The molecule has 0 amide bonds. The summed E-state index contributed by atoms with van der Waals surface area (Å²) in [6.45, 7) is 4.97. The van der Waals surface area contributed by atoms with Crippen LogP contribution in [-0.4, -0.2) is 32.8 Å². The Morgan fingerprint density at radius 1 is 1.13 bits per heavy atom. The number of thiazole rings is 1. The van der Waals surface area contributed by atoms with Gasteiger partial charge in [-0.05, 0) is 43.0 Å². The van der Waals surface area contributed by atoms with Gasteiger partial charge >= 0.3 is 0 Å². The van der Waals surface area contributed by atoms with Crippen LogP contribution in [0.3, 0.4) is 0 Å². The van der Waals surface area contributed by atoms with Crippen molar-refractivity contribution in [2.45, 2.75) is 37.2 Å². The average molecular weight is 442 g/mol. The van der Waals surface area contributed by atoms with Crippen LogP contribution in [0.4, 0.5) is 5.95 Å². The van der Waals surface area contributed by atoms with E-state index < -0.39 is 0 Å². The largest absolute Gasteiger partial charge is 0.467 e. The fourth-order valence-electron chi connectivity index (χ4n) is 3.55. The van der Waals surface area contributed by atoms with Crippen LogP contribution in [0.15, 0.2) is 56.2 Å². The molecule has 5 heterocycles. The van der Waals surface area contributed by atoms with Crippen molar-refractivity contribution in [3.05, 3.63) is 53.6 Å². The van der Waals surface area contributed by atoms with Crippen molar-refractivity contribution >= 4 is 29.0 Å². The molecule has 0 bridgehead atoms. The summed E-state index contributed by atoms with van der Waals surface area (Å²) >= 11 is 3.25. The molecule has 7 nitrogen and oxygen atoms in total. The highest BCUT2D eigenvalue weighted by Gasteiger charge is 2.23. The Balaban J connectivity index is 1.35. The monoisotopic (exact) mass is 441 g/mol. The number of hydrogen-bond donors (Lipinski definition) is 0. The molecule has 4 aromatic heterocycles. The van der Waals surface area contributed by atoms with Crippen LogP contribution < -0.4 is 4.90 Å². The summed E-state index contributed by atoms with van der Waals surface area (Å²) in [6, 6.07) is 7.72. The number of aromatic nitrogens is 4. The minimum atomic E-state index is 0.623. The maximum Gasteiger partial charge on any atom is 0.228 e. The van der Waals surface area contributed by atoms with Gasteiger partial charge in [0.05, 0.1) is 24.8 Å². The first-order valence-electron chi connectivity index (χ1n) is 10.1. The fraction of sp³-hybridized carbons (Fsp3) is 0.381. The first-order chi connectivity index (χ1) is 14.8. The predicted molar refractivity (Wildman–Crippen MR) is 118 cm³/mol. The Kier molecular flexibility index (Phi) is 5.63. The molecule has 156 valence electrons. The third-order valence-electron chi connectivity index (χ3n) is 5.29. The van der Waals surface area contributed by atoms with Crippen molar-refractivity contribution < 1.29 is 8.83 Å². The Bertz CT molecular complexity index is 1060. The van der Waals surface area contributed by atoms with Crippen molar-refractivity contribution in [1.82, 2.24) is 19.7 Å². The molecule has 0 radical (unpaired) electrons. The minimum Gasteiger partial charge on any atom is -0.467 e. The summed E-state index contributed by atoms with van der Waals surface area (Å²) in [5.74, 6) is 4.13. The molecule has 0 aromatic carbocycles. The summed E-state index contributed by atoms with van der Waals surface area (Å²) in [7, 11) is 0. The van der Waals surface area contributed by atoms with Gasteiger partial charge in [-0.25, -0.2) is 4.98 Å². The van der Waals surface area contributed by atoms with Gasteiger partial charge in [-0.2, -0.15) is 0 Å². The molecule has 1 aliphatic rings. The zero-order valence-corrected chi connectivity index (χ0v) is 18.4. The number of anilines is 1. The summed E-state index contributed by atoms with van der Waals surface area (Å²) < 4.78 is 13.2. The molecule has 9 heteroatoms. The molecule has 5 rings (SSSR count). The summed E-state index contributed by atoms with van der Waals surface area (Å²) in [4.78, 5) is 7.04. The van der Waals surface area contributed by atoms with E-state index in [0.29, 0.717) is 6.54 Å². The van der Waals surface area contributed by atoms with E-state index in [0.717, 1.165) is 58.1 Å². The van der Waals surface area contributed by atoms with Gasteiger partial charge in [0.2, 0.25) is 5.95 Å². The second-order valence-corrected chi connectivity index (χ2v) is 9.33. The second kappa shape index (κ2) is 8.69. The molecule has 0 aliphatic carbocycles. The molecule has 0 spiro atoms. The molecule has 1 saturated heterocycles. The smallest absolute Gasteiger partial charge is 0.228 e. The Morgan fingerprint density at radius 3 is 2.73 bits per heavy atom. The maximum absolute atomic E-state index is 5.60. The number of hydrogen-bond acceptors (Lipinski definition) is 8. The molecular weight excluding hydrogens is 418 g/mol. The van der Waals surface area contributed by atoms with Crippen LogP contribution >= 0.6 is 23.1 Å². The number of piperidine rings is 1. The lowest BCUT2D eigenvalue weighted by Gasteiger charge is -2.31. The van der Waals surface area contributed by atoms with E-state index >= 15 is 0 Å². The fourth-order valence-corrected chi connectivity index (χ4v) is 5.27. The van der Waals surface area contributed by atoms with E-state index in [9.17, 15) is 0 Å². The Morgan fingerprint density at radius 2 is 1.97 bits per heavy atom. The molecular formula is C21H23N5O2S2. The topological polar surface area (TPSA) is 73.1 Å². The highest BCUT2D eigenvalue weighted by molar-refractivity contribution is 7.98. The standard InChI is InChI=1S/C21H23N5O2S2/c1-15-6-8-25(9-7-15)20-23-24-21(26(20)12-17-4-2-10-27-17)30-14-16-13-29-19(22-16)18-5-3-11-28-18/h2-5,10-11,13,15H,6-9,12,14H2,1H3. The highest BCUT2D eigenvalue weighted by atomic mass is 32.2. The zero-order valence-electron chi connectivity index (χ0n) is 16.7. The van der Waals surface area contributed by atoms with Gasteiger partial charge in [0.1, 0.15) is 5.76 Å². The third kappa shape index (κ3) is 4.17. The lowest BCUT2D eigenvalue weighted by molar-refractivity contribution is 0.427. The van der Waals surface area contributed by atoms with Gasteiger partial charge in [-0.1, -0.05) is 18.7 Å². The molecule has 1 fully saturated rings. The summed E-state index contributed by atoms with van der Waals surface area (Å²) in [6.07, 6.45) is 5.75. The van der Waals surface area contributed by atoms with Crippen LogP contribution in [0, 0.1) is 5.92 Å². The van der Waals surface area contributed by atoms with Crippen molar-refractivity contribution in [2.24, 2.45) is 5.92 Å². The quantitative estimate of drug-likeness (QED) is 0.367.